The van der Waals surface area contributed by atoms with E-state index < -0.39 is 0 Å². The van der Waals surface area contributed by atoms with Crippen molar-refractivity contribution in [3.05, 3.63) is 69.8 Å². The van der Waals surface area contributed by atoms with Gasteiger partial charge < -0.3 is 9.47 Å². The molecule has 0 bridgehead atoms. The van der Waals surface area contributed by atoms with E-state index >= 15 is 0 Å². The smallest absolute Gasteiger partial charge is 0.193 e. The van der Waals surface area contributed by atoms with Crippen molar-refractivity contribution in [3.63, 3.8) is 0 Å². The Balaban J connectivity index is 1.60. The highest BCUT2D eigenvalue weighted by Crippen LogP contribution is 2.50. The lowest BCUT2D eigenvalue weighted by Gasteiger charge is -2.35. The van der Waals surface area contributed by atoms with Gasteiger partial charge in [-0.2, -0.15) is 5.26 Å². The molecule has 27 heavy (non-hydrogen) atoms. The Morgan fingerprint density at radius 2 is 1.93 bits per heavy atom. The molecule has 134 valence electrons. The monoisotopic (exact) mass is 357 g/mol. The molecule has 1 saturated heterocycles. The Labute approximate surface area is 158 Å². The summed E-state index contributed by atoms with van der Waals surface area (Å²) in [5.41, 5.74) is 6.10. The minimum Gasteiger partial charge on any atom is -0.486 e. The maximum atomic E-state index is 13.3. The standard InChI is InChI=1S/C23H19NO3/c1-23(2)19-9-15(27-16-11-26-12-16)4-6-18(19)22(25)21-17-5-3-13(10-24)7-14(17)8-20(21)23/h3-7,9,16H,8,11-12H2,1-2H3. The third-order valence-corrected chi connectivity index (χ3v) is 5.97. The van der Waals surface area contributed by atoms with E-state index in [0.29, 0.717) is 25.2 Å². The summed E-state index contributed by atoms with van der Waals surface area (Å²) in [5, 5.41) is 9.20. The van der Waals surface area contributed by atoms with Crippen molar-refractivity contribution in [1.29, 1.82) is 5.26 Å². The number of carbonyl (C=O) groups is 1. The van der Waals surface area contributed by atoms with Crippen molar-refractivity contribution < 1.29 is 14.3 Å². The Morgan fingerprint density at radius 1 is 1.15 bits per heavy atom. The fourth-order valence-electron chi connectivity index (χ4n) is 4.37. The second-order valence-corrected chi connectivity index (χ2v) is 7.95. The zero-order chi connectivity index (χ0) is 18.8. The lowest BCUT2D eigenvalue weighted by Crippen LogP contribution is -2.38. The van der Waals surface area contributed by atoms with Gasteiger partial charge in [-0.15, -0.1) is 0 Å². The first-order valence-electron chi connectivity index (χ1n) is 9.19. The van der Waals surface area contributed by atoms with Crippen molar-refractivity contribution in [2.45, 2.75) is 31.8 Å². The number of hydrogen-bond acceptors (Lipinski definition) is 4. The van der Waals surface area contributed by atoms with Gasteiger partial charge in [-0.25, -0.2) is 0 Å². The van der Waals surface area contributed by atoms with Crippen LogP contribution in [0.15, 0.2) is 42.0 Å². The van der Waals surface area contributed by atoms with E-state index in [-0.39, 0.29) is 17.3 Å². The largest absolute Gasteiger partial charge is 0.486 e. The van der Waals surface area contributed by atoms with Gasteiger partial charge in [0.1, 0.15) is 11.9 Å². The predicted molar refractivity (Wildman–Crippen MR) is 101 cm³/mol. The van der Waals surface area contributed by atoms with Gasteiger partial charge in [0, 0.05) is 16.6 Å². The molecular weight excluding hydrogens is 338 g/mol. The van der Waals surface area contributed by atoms with Crippen LogP contribution in [0, 0.1) is 11.3 Å². The summed E-state index contributed by atoms with van der Waals surface area (Å²) in [6.07, 6.45) is 0.806. The molecule has 0 radical (unpaired) electrons. The summed E-state index contributed by atoms with van der Waals surface area (Å²) < 4.78 is 11.1. The van der Waals surface area contributed by atoms with Crippen LogP contribution in [0.25, 0.3) is 5.57 Å². The second-order valence-electron chi connectivity index (χ2n) is 7.95. The molecule has 5 rings (SSSR count). The van der Waals surface area contributed by atoms with Gasteiger partial charge >= 0.3 is 0 Å². The average Bonchev–Trinajstić information content (AvgIpc) is 3.03. The second kappa shape index (κ2) is 5.55. The van der Waals surface area contributed by atoms with E-state index in [9.17, 15) is 10.1 Å². The van der Waals surface area contributed by atoms with Crippen LogP contribution in [0.1, 0.15) is 46.5 Å². The van der Waals surface area contributed by atoms with E-state index in [1.165, 1.54) is 0 Å². The van der Waals surface area contributed by atoms with Crippen LogP contribution < -0.4 is 4.74 Å². The third kappa shape index (κ3) is 2.28. The molecule has 4 heteroatoms. The molecule has 2 aromatic rings. The zero-order valence-corrected chi connectivity index (χ0v) is 15.3. The van der Waals surface area contributed by atoms with Crippen LogP contribution in [0.4, 0.5) is 0 Å². The fourth-order valence-corrected chi connectivity index (χ4v) is 4.37. The van der Waals surface area contributed by atoms with Crippen LogP contribution in [0.2, 0.25) is 0 Å². The molecule has 1 aliphatic heterocycles. The molecule has 1 heterocycles. The van der Waals surface area contributed by atoms with E-state index in [1.807, 2.05) is 30.3 Å². The molecule has 0 N–H and O–H groups in total. The molecule has 0 spiro atoms. The highest BCUT2D eigenvalue weighted by Gasteiger charge is 2.43. The molecule has 2 aromatic carbocycles. The molecular formula is C23H19NO3. The number of rotatable bonds is 2. The molecule has 0 saturated carbocycles. The minimum atomic E-state index is -0.278. The first kappa shape index (κ1) is 16.3. The fraction of sp³-hybridized carbons (Fsp3) is 0.304. The number of nitrogens with zero attached hydrogens (tertiary/aromatic N) is 1. The van der Waals surface area contributed by atoms with Gasteiger partial charge in [-0.3, -0.25) is 4.79 Å². The van der Waals surface area contributed by atoms with Crippen molar-refractivity contribution in [3.8, 4) is 11.8 Å². The number of Topliss-reactive ketones (excluding diaryl/α,β-unsaturated/α-hetero) is 1. The molecule has 3 aliphatic rings. The summed E-state index contributed by atoms with van der Waals surface area (Å²) in [4.78, 5) is 13.3. The number of fused-ring (bicyclic) bond motifs is 3. The number of allylic oxidation sites excluding steroid dienone is 2. The Hall–Kier alpha value is -2.90. The number of ether oxygens (including phenoxy) is 2. The summed E-state index contributed by atoms with van der Waals surface area (Å²) >= 11 is 0. The Kier molecular flexibility index (Phi) is 3.35. The summed E-state index contributed by atoms with van der Waals surface area (Å²) in [7, 11) is 0. The van der Waals surface area contributed by atoms with Crippen LogP contribution in [-0.2, 0) is 16.6 Å². The Bertz CT molecular complexity index is 1070. The number of nitriles is 1. The van der Waals surface area contributed by atoms with E-state index in [4.69, 9.17) is 9.47 Å². The molecule has 1 fully saturated rings. The summed E-state index contributed by atoms with van der Waals surface area (Å²) in [6.45, 7) is 5.57. The first-order chi connectivity index (χ1) is 13.0. The predicted octanol–water partition coefficient (Wildman–Crippen LogP) is 3.82. The molecule has 0 unspecified atom stereocenters. The van der Waals surface area contributed by atoms with Gasteiger partial charge in [0.25, 0.3) is 0 Å². The quantitative estimate of drug-likeness (QED) is 0.820. The van der Waals surface area contributed by atoms with Gasteiger partial charge in [0.05, 0.1) is 24.8 Å². The number of ketones is 1. The SMILES string of the molecule is CC1(C)C2=C(C(=O)c3ccc(OC4COC4)cc31)c1ccc(C#N)cc1C2. The normalized spacial score (nSPS) is 19.7. The van der Waals surface area contributed by atoms with Crippen LogP contribution in [0.5, 0.6) is 5.75 Å². The molecule has 0 aromatic heterocycles. The maximum absolute atomic E-state index is 13.3. The van der Waals surface area contributed by atoms with E-state index in [0.717, 1.165) is 39.1 Å². The molecule has 0 amide bonds. The maximum Gasteiger partial charge on any atom is 0.193 e. The molecule has 0 atom stereocenters. The van der Waals surface area contributed by atoms with Crippen LogP contribution in [0.3, 0.4) is 0 Å². The summed E-state index contributed by atoms with van der Waals surface area (Å²) in [6, 6.07) is 13.6. The van der Waals surface area contributed by atoms with Crippen molar-refractivity contribution in [2.24, 2.45) is 0 Å². The minimum absolute atomic E-state index is 0.0707. The number of benzene rings is 2. The van der Waals surface area contributed by atoms with Crippen LogP contribution in [-0.4, -0.2) is 25.1 Å². The molecule has 4 nitrogen and oxygen atoms in total. The van der Waals surface area contributed by atoms with Gasteiger partial charge in [0.2, 0.25) is 0 Å². The summed E-state index contributed by atoms with van der Waals surface area (Å²) in [5.74, 6) is 0.857. The first-order valence-corrected chi connectivity index (χ1v) is 9.19. The molecule has 2 aliphatic carbocycles. The highest BCUT2D eigenvalue weighted by molar-refractivity contribution is 6.33. The van der Waals surface area contributed by atoms with Crippen molar-refractivity contribution >= 4 is 11.4 Å². The third-order valence-electron chi connectivity index (χ3n) is 5.97. The average molecular weight is 357 g/mol. The Morgan fingerprint density at radius 3 is 2.63 bits per heavy atom. The van der Waals surface area contributed by atoms with Gasteiger partial charge in [-0.05, 0) is 59.0 Å². The number of carbonyl (C=O) groups excluding carboxylic acids is 1. The van der Waals surface area contributed by atoms with Crippen LogP contribution >= 0.6 is 0 Å². The van der Waals surface area contributed by atoms with Crippen molar-refractivity contribution in [2.75, 3.05) is 13.2 Å². The zero-order valence-electron chi connectivity index (χ0n) is 15.3. The van der Waals surface area contributed by atoms with Gasteiger partial charge in [0.15, 0.2) is 5.78 Å². The lowest BCUT2D eigenvalue weighted by molar-refractivity contribution is -0.0797. The lowest BCUT2D eigenvalue weighted by atomic mass is 9.68. The van der Waals surface area contributed by atoms with E-state index in [2.05, 4.69) is 19.9 Å². The van der Waals surface area contributed by atoms with E-state index in [1.54, 1.807) is 6.07 Å². The topological polar surface area (TPSA) is 59.3 Å². The number of hydrogen-bond donors (Lipinski definition) is 0. The van der Waals surface area contributed by atoms with Crippen molar-refractivity contribution in [1.82, 2.24) is 0 Å². The highest BCUT2D eigenvalue weighted by atomic mass is 16.6. The van der Waals surface area contributed by atoms with Gasteiger partial charge in [-0.1, -0.05) is 19.9 Å².